The molecule has 4 bridgehead atoms. The van der Waals surface area contributed by atoms with E-state index in [2.05, 4.69) is 11.7 Å². The normalized spacial score (nSPS) is 48.9. The van der Waals surface area contributed by atoms with Crippen molar-refractivity contribution in [3.63, 3.8) is 0 Å². The average molecular weight is 351 g/mol. The van der Waals surface area contributed by atoms with Crippen LogP contribution in [0.5, 0.6) is 0 Å². The van der Waals surface area contributed by atoms with Crippen molar-refractivity contribution in [2.75, 3.05) is 0 Å². The van der Waals surface area contributed by atoms with Gasteiger partial charge in [-0.3, -0.25) is 0 Å². The molecule has 4 rings (SSSR count). The maximum Gasteiger partial charge on any atom is 0.258 e. The van der Waals surface area contributed by atoms with E-state index in [9.17, 15) is 0 Å². The molecule has 0 aromatic carbocycles. The van der Waals surface area contributed by atoms with Crippen molar-refractivity contribution >= 4 is 39.6 Å². The van der Waals surface area contributed by atoms with Crippen LogP contribution in [0.4, 0.5) is 0 Å². The minimum Gasteiger partial charge on any atom is -0.317 e. The minimum atomic E-state index is -2.24. The van der Waals surface area contributed by atoms with Crippen LogP contribution in [0.25, 0.3) is 0 Å². The SMILES string of the molecule is S=P(OC1CC2CCC1C2)(OC1CC2CCC1C2)SS. The second kappa shape index (κ2) is 5.72. The lowest BCUT2D eigenvalue weighted by atomic mass is 9.98. The zero-order chi connectivity index (χ0) is 13.7. The molecule has 114 valence electrons. The van der Waals surface area contributed by atoms with Crippen LogP contribution in [0.1, 0.15) is 51.4 Å². The summed E-state index contributed by atoms with van der Waals surface area (Å²) in [6.45, 7) is 0. The molecular formula is C14H23O2PS3. The van der Waals surface area contributed by atoms with Crippen LogP contribution in [-0.4, -0.2) is 12.2 Å². The monoisotopic (exact) mass is 350 g/mol. The Morgan fingerprint density at radius 1 is 0.850 bits per heavy atom. The van der Waals surface area contributed by atoms with Gasteiger partial charge in [0.15, 0.2) is 0 Å². The largest absolute Gasteiger partial charge is 0.317 e. The van der Waals surface area contributed by atoms with E-state index in [-0.39, 0.29) is 0 Å². The first-order chi connectivity index (χ1) is 9.65. The highest BCUT2D eigenvalue weighted by Crippen LogP contribution is 2.68. The molecule has 0 aromatic heterocycles. The summed E-state index contributed by atoms with van der Waals surface area (Å²) in [6, 6.07) is 0. The second-order valence-electron chi connectivity index (χ2n) is 7.17. The van der Waals surface area contributed by atoms with E-state index in [1.54, 1.807) is 0 Å². The fourth-order valence-electron chi connectivity index (χ4n) is 5.03. The molecule has 4 aliphatic rings. The number of fused-ring (bicyclic) bond motifs is 4. The fraction of sp³-hybridized carbons (Fsp3) is 1.00. The molecule has 0 heterocycles. The van der Waals surface area contributed by atoms with Crippen molar-refractivity contribution in [2.45, 2.75) is 63.6 Å². The van der Waals surface area contributed by atoms with Gasteiger partial charge in [0.25, 0.3) is 5.69 Å². The van der Waals surface area contributed by atoms with E-state index in [1.807, 2.05) is 0 Å². The van der Waals surface area contributed by atoms with Crippen molar-refractivity contribution in [2.24, 2.45) is 23.7 Å². The van der Waals surface area contributed by atoms with Gasteiger partial charge in [0, 0.05) is 0 Å². The highest BCUT2D eigenvalue weighted by Gasteiger charge is 2.46. The summed E-state index contributed by atoms with van der Waals surface area (Å²) < 4.78 is 12.7. The lowest BCUT2D eigenvalue weighted by Gasteiger charge is -2.32. The third-order valence-corrected chi connectivity index (χ3v) is 12.5. The van der Waals surface area contributed by atoms with Crippen LogP contribution in [0.15, 0.2) is 0 Å². The predicted octanol–water partition coefficient (Wildman–Crippen LogP) is 5.20. The van der Waals surface area contributed by atoms with E-state index in [0.717, 1.165) is 23.7 Å². The third-order valence-electron chi connectivity index (χ3n) is 5.98. The Balaban J connectivity index is 1.39. The minimum absolute atomic E-state index is 0.359. The molecule has 6 heteroatoms. The predicted molar refractivity (Wildman–Crippen MR) is 91.5 cm³/mol. The van der Waals surface area contributed by atoms with Gasteiger partial charge in [0.1, 0.15) is 0 Å². The van der Waals surface area contributed by atoms with Gasteiger partial charge in [-0.25, -0.2) is 0 Å². The molecule has 0 saturated heterocycles. The number of hydrogen-bond donors (Lipinski definition) is 1. The van der Waals surface area contributed by atoms with E-state index >= 15 is 0 Å². The Morgan fingerprint density at radius 2 is 1.35 bits per heavy atom. The Labute approximate surface area is 135 Å². The van der Waals surface area contributed by atoms with E-state index in [1.165, 1.54) is 61.8 Å². The van der Waals surface area contributed by atoms with Gasteiger partial charge < -0.3 is 9.05 Å². The molecule has 6 unspecified atom stereocenters. The van der Waals surface area contributed by atoms with Crippen LogP contribution in [0.3, 0.4) is 0 Å². The summed E-state index contributed by atoms with van der Waals surface area (Å²) in [5, 5.41) is 0. The molecule has 4 aliphatic carbocycles. The molecule has 0 spiro atoms. The summed E-state index contributed by atoms with van der Waals surface area (Å²) in [7, 11) is 1.38. The van der Waals surface area contributed by atoms with Crippen molar-refractivity contribution in [1.82, 2.24) is 0 Å². The van der Waals surface area contributed by atoms with Crippen LogP contribution in [0.2, 0.25) is 0 Å². The molecular weight excluding hydrogens is 327 g/mol. The lowest BCUT2D eigenvalue weighted by molar-refractivity contribution is 0.0936. The molecule has 0 N–H and O–H groups in total. The summed E-state index contributed by atoms with van der Waals surface area (Å²) >= 11 is 10.2. The van der Waals surface area contributed by atoms with Gasteiger partial charge >= 0.3 is 0 Å². The van der Waals surface area contributed by atoms with Gasteiger partial charge in [0.2, 0.25) is 0 Å². The molecule has 0 aliphatic heterocycles. The standard InChI is InChI=1S/C14H23O2PS3/c18-17(20-19,15-13-7-9-1-3-11(13)5-9)16-14-8-10-2-4-12(14)6-10/h9-14,19H,1-8H2. The molecule has 0 amide bonds. The second-order valence-corrected chi connectivity index (χ2v) is 14.2. The van der Waals surface area contributed by atoms with Gasteiger partial charge in [0.05, 0.1) is 12.2 Å². The van der Waals surface area contributed by atoms with Gasteiger partial charge in [-0.2, -0.15) is 0 Å². The first kappa shape index (κ1) is 14.8. The molecule has 2 nitrogen and oxygen atoms in total. The van der Waals surface area contributed by atoms with Crippen LogP contribution in [-0.2, 0) is 20.9 Å². The number of rotatable bonds is 5. The topological polar surface area (TPSA) is 18.5 Å². The molecule has 20 heavy (non-hydrogen) atoms. The molecule has 0 aromatic rings. The average Bonchev–Trinajstić information content (AvgIpc) is 3.18. The summed E-state index contributed by atoms with van der Waals surface area (Å²) in [5.74, 6) is 3.26. The molecule has 4 fully saturated rings. The smallest absolute Gasteiger partial charge is 0.258 e. The van der Waals surface area contributed by atoms with Crippen molar-refractivity contribution in [1.29, 1.82) is 0 Å². The van der Waals surface area contributed by atoms with E-state index in [4.69, 9.17) is 20.9 Å². The summed E-state index contributed by atoms with van der Waals surface area (Å²) in [5.41, 5.74) is -2.24. The number of thiol groups is 1. The lowest BCUT2D eigenvalue weighted by Crippen LogP contribution is -2.22. The Morgan fingerprint density at radius 3 is 1.65 bits per heavy atom. The third kappa shape index (κ3) is 2.76. The van der Waals surface area contributed by atoms with Crippen molar-refractivity contribution < 1.29 is 9.05 Å². The highest BCUT2D eigenvalue weighted by molar-refractivity contribution is 8.98. The first-order valence-corrected chi connectivity index (χ1v) is 13.1. The van der Waals surface area contributed by atoms with Gasteiger partial charge in [-0.1, -0.05) is 0 Å². The Bertz CT molecular complexity index is 399. The summed E-state index contributed by atoms with van der Waals surface area (Å²) in [4.78, 5) is 0. The summed E-state index contributed by atoms with van der Waals surface area (Å²) in [6.07, 6.45) is 11.3. The van der Waals surface area contributed by atoms with Gasteiger partial charge in [-0.05, 0) is 97.3 Å². The molecule has 0 radical (unpaired) electrons. The quantitative estimate of drug-likeness (QED) is 0.417. The van der Waals surface area contributed by atoms with E-state index < -0.39 is 5.69 Å². The maximum atomic E-state index is 6.34. The Hall–Kier alpha value is 1.27. The van der Waals surface area contributed by atoms with Crippen LogP contribution >= 0.6 is 27.8 Å². The molecule has 6 atom stereocenters. The number of hydrogen-bond acceptors (Lipinski definition) is 5. The van der Waals surface area contributed by atoms with Crippen molar-refractivity contribution in [3.8, 4) is 0 Å². The van der Waals surface area contributed by atoms with Crippen LogP contribution < -0.4 is 0 Å². The molecule has 4 saturated carbocycles. The zero-order valence-electron chi connectivity index (χ0n) is 11.6. The van der Waals surface area contributed by atoms with Crippen LogP contribution in [0, 0.1) is 23.7 Å². The van der Waals surface area contributed by atoms with Gasteiger partial charge in [-0.15, -0.1) is 11.7 Å². The first-order valence-electron chi connectivity index (χ1n) is 7.95. The highest BCUT2D eigenvalue weighted by atomic mass is 33.4. The fourth-order valence-corrected chi connectivity index (χ4v) is 8.58. The van der Waals surface area contributed by atoms with Crippen molar-refractivity contribution in [3.05, 3.63) is 0 Å². The zero-order valence-corrected chi connectivity index (χ0v) is 15.1. The maximum absolute atomic E-state index is 6.34. The Kier molecular flexibility index (Phi) is 4.24. The van der Waals surface area contributed by atoms with E-state index in [0.29, 0.717) is 12.2 Å².